The summed E-state index contributed by atoms with van der Waals surface area (Å²) < 4.78 is 19.0. The van der Waals surface area contributed by atoms with E-state index >= 15 is 0 Å². The fraction of sp³-hybridized carbons (Fsp3) is 0.400. The summed E-state index contributed by atoms with van der Waals surface area (Å²) in [5.74, 6) is 0.730. The number of nitrogens with zero attached hydrogens (tertiary/aromatic N) is 3. The summed E-state index contributed by atoms with van der Waals surface area (Å²) in [5.41, 5.74) is 2.89. The van der Waals surface area contributed by atoms with E-state index in [4.69, 9.17) is 14.2 Å². The molecule has 2 aromatic carbocycles. The largest absolute Gasteiger partial charge is 0.497 e. The SMILES string of the molecule is COc1ccc(NC(=O)N[C@H]2CO[C@H]3[C@@H]2OC[C@@H]3n2cc(C[NH+](C)Cc3ccccc3)nn2)cc1. The number of carbonyl (C=O) groups is 1. The minimum atomic E-state index is -0.302. The molecule has 0 saturated carbocycles. The van der Waals surface area contributed by atoms with Crippen molar-refractivity contribution in [3.63, 3.8) is 0 Å². The van der Waals surface area contributed by atoms with Crippen LogP contribution in [0.5, 0.6) is 5.75 Å². The maximum absolute atomic E-state index is 12.5. The van der Waals surface area contributed by atoms with Crippen LogP contribution >= 0.6 is 0 Å². The number of rotatable bonds is 8. The second kappa shape index (κ2) is 10.4. The highest BCUT2D eigenvalue weighted by molar-refractivity contribution is 5.89. The van der Waals surface area contributed by atoms with Crippen LogP contribution < -0.4 is 20.3 Å². The number of urea groups is 1. The second-order valence-corrected chi connectivity index (χ2v) is 9.08. The lowest BCUT2D eigenvalue weighted by molar-refractivity contribution is -0.908. The van der Waals surface area contributed by atoms with Crippen molar-refractivity contribution in [1.82, 2.24) is 20.3 Å². The number of ether oxygens (including phenoxy) is 3. The van der Waals surface area contributed by atoms with E-state index < -0.39 is 0 Å². The average Bonchev–Trinajstić information content (AvgIpc) is 3.58. The molecule has 5 rings (SSSR count). The molecule has 2 amide bonds. The molecular formula is C25H31N6O4+. The molecule has 2 aliphatic rings. The molecule has 0 radical (unpaired) electrons. The Labute approximate surface area is 204 Å². The van der Waals surface area contributed by atoms with Gasteiger partial charge in [0.05, 0.1) is 39.6 Å². The van der Waals surface area contributed by atoms with Gasteiger partial charge in [0.25, 0.3) is 0 Å². The summed E-state index contributed by atoms with van der Waals surface area (Å²) in [4.78, 5) is 13.8. The van der Waals surface area contributed by atoms with Gasteiger partial charge in [-0.15, -0.1) is 5.10 Å². The van der Waals surface area contributed by atoms with Crippen LogP contribution in [-0.4, -0.2) is 66.6 Å². The van der Waals surface area contributed by atoms with Crippen LogP contribution in [-0.2, 0) is 22.6 Å². The first-order valence-electron chi connectivity index (χ1n) is 11.8. The number of nitrogens with one attached hydrogen (secondary N) is 3. The summed E-state index contributed by atoms with van der Waals surface area (Å²) in [7, 11) is 3.75. The first kappa shape index (κ1) is 23.3. The van der Waals surface area contributed by atoms with E-state index in [-0.39, 0.29) is 30.3 Å². The van der Waals surface area contributed by atoms with Crippen molar-refractivity contribution >= 4 is 11.7 Å². The lowest BCUT2D eigenvalue weighted by Gasteiger charge is -2.18. The number of fused-ring (bicyclic) bond motifs is 1. The van der Waals surface area contributed by atoms with Gasteiger partial charge in [0.2, 0.25) is 0 Å². The van der Waals surface area contributed by atoms with Gasteiger partial charge >= 0.3 is 6.03 Å². The van der Waals surface area contributed by atoms with Crippen LogP contribution in [0.25, 0.3) is 0 Å². The van der Waals surface area contributed by atoms with Gasteiger partial charge in [-0.05, 0) is 24.3 Å². The number of aromatic nitrogens is 3. The van der Waals surface area contributed by atoms with Crippen molar-refractivity contribution in [1.29, 1.82) is 0 Å². The molecule has 3 aromatic rings. The van der Waals surface area contributed by atoms with E-state index in [0.717, 1.165) is 24.5 Å². The first-order valence-corrected chi connectivity index (χ1v) is 11.8. The van der Waals surface area contributed by atoms with Gasteiger partial charge in [0, 0.05) is 11.3 Å². The third-order valence-corrected chi connectivity index (χ3v) is 6.42. The molecule has 10 nitrogen and oxygen atoms in total. The van der Waals surface area contributed by atoms with Crippen molar-refractivity contribution in [3.8, 4) is 5.75 Å². The zero-order valence-electron chi connectivity index (χ0n) is 19.9. The predicted octanol–water partition coefficient (Wildman–Crippen LogP) is 1.03. The van der Waals surface area contributed by atoms with Crippen molar-refractivity contribution < 1.29 is 23.9 Å². The summed E-state index contributed by atoms with van der Waals surface area (Å²) in [6.07, 6.45) is 1.55. The maximum Gasteiger partial charge on any atom is 0.319 e. The molecule has 3 heterocycles. The Balaban J connectivity index is 1.14. The van der Waals surface area contributed by atoms with Crippen molar-refractivity contribution in [2.45, 2.75) is 37.4 Å². The van der Waals surface area contributed by atoms with Crippen LogP contribution in [0, 0.1) is 0 Å². The van der Waals surface area contributed by atoms with Crippen LogP contribution in [0.15, 0.2) is 60.8 Å². The van der Waals surface area contributed by atoms with Crippen LogP contribution in [0.1, 0.15) is 17.3 Å². The van der Waals surface area contributed by atoms with Crippen molar-refractivity contribution in [3.05, 3.63) is 72.1 Å². The molecule has 0 spiro atoms. The highest BCUT2D eigenvalue weighted by Crippen LogP contribution is 2.34. The molecule has 10 heteroatoms. The van der Waals surface area contributed by atoms with Gasteiger partial charge in [0.1, 0.15) is 42.8 Å². The van der Waals surface area contributed by atoms with E-state index in [1.165, 1.54) is 10.5 Å². The van der Waals surface area contributed by atoms with E-state index in [2.05, 4.69) is 52.3 Å². The third kappa shape index (κ3) is 5.45. The average molecular weight is 480 g/mol. The van der Waals surface area contributed by atoms with E-state index in [1.54, 1.807) is 31.4 Å². The number of carbonyl (C=O) groups excluding carboxylic acids is 1. The molecule has 2 aliphatic heterocycles. The Kier molecular flexibility index (Phi) is 6.94. The summed E-state index contributed by atoms with van der Waals surface area (Å²) >= 11 is 0. The fourth-order valence-corrected chi connectivity index (χ4v) is 4.71. The van der Waals surface area contributed by atoms with E-state index in [0.29, 0.717) is 18.9 Å². The molecular weight excluding hydrogens is 448 g/mol. The highest BCUT2D eigenvalue weighted by atomic mass is 16.6. The second-order valence-electron chi connectivity index (χ2n) is 9.08. The van der Waals surface area contributed by atoms with Crippen LogP contribution in [0.3, 0.4) is 0 Å². The number of anilines is 1. The van der Waals surface area contributed by atoms with E-state index in [1.807, 2.05) is 16.9 Å². The number of amides is 2. The molecule has 35 heavy (non-hydrogen) atoms. The van der Waals surface area contributed by atoms with Crippen LogP contribution in [0.4, 0.5) is 10.5 Å². The van der Waals surface area contributed by atoms with Gasteiger partial charge < -0.3 is 29.7 Å². The van der Waals surface area contributed by atoms with Crippen molar-refractivity contribution in [2.24, 2.45) is 0 Å². The zero-order chi connectivity index (χ0) is 24.2. The lowest BCUT2D eigenvalue weighted by Crippen LogP contribution is -3.06. The van der Waals surface area contributed by atoms with Crippen molar-refractivity contribution in [2.75, 3.05) is 32.7 Å². The van der Waals surface area contributed by atoms with Gasteiger partial charge in [-0.1, -0.05) is 35.5 Å². The molecule has 184 valence electrons. The number of hydrogen-bond donors (Lipinski definition) is 3. The number of quaternary nitrogens is 1. The number of benzene rings is 2. The Morgan fingerprint density at radius 3 is 2.63 bits per heavy atom. The number of methoxy groups -OCH3 is 1. The minimum Gasteiger partial charge on any atom is -0.497 e. The van der Waals surface area contributed by atoms with Crippen LogP contribution in [0.2, 0.25) is 0 Å². The smallest absolute Gasteiger partial charge is 0.319 e. The molecule has 1 aromatic heterocycles. The molecule has 0 aliphatic carbocycles. The Bertz CT molecular complexity index is 1120. The molecule has 0 bridgehead atoms. The topological polar surface area (TPSA) is 104 Å². The summed E-state index contributed by atoms with van der Waals surface area (Å²) in [6.45, 7) is 2.53. The first-order chi connectivity index (χ1) is 17.1. The number of hydrogen-bond acceptors (Lipinski definition) is 6. The van der Waals surface area contributed by atoms with Gasteiger partial charge in [-0.3, -0.25) is 0 Å². The zero-order valence-corrected chi connectivity index (χ0v) is 19.9. The summed E-state index contributed by atoms with van der Waals surface area (Å²) in [6, 6.07) is 17.0. The van der Waals surface area contributed by atoms with Gasteiger partial charge in [0.15, 0.2) is 0 Å². The van der Waals surface area contributed by atoms with Gasteiger partial charge in [-0.25, -0.2) is 9.48 Å². The standard InChI is InChI=1S/C25H30N6O4/c1-30(12-17-6-4-3-5-7-17)13-19-14-31(29-28-19)22-16-35-23-21(15-34-24(22)23)27-25(32)26-18-8-10-20(33-2)11-9-18/h3-11,14,21-24H,12-13,15-16H2,1-2H3,(H2,26,27,32)/p+1/t21-,22-,23+,24+/m0/s1. The molecule has 2 saturated heterocycles. The molecule has 2 fully saturated rings. The lowest BCUT2D eigenvalue weighted by atomic mass is 10.1. The van der Waals surface area contributed by atoms with Gasteiger partial charge in [-0.2, -0.15) is 0 Å². The molecule has 1 unspecified atom stereocenters. The molecule has 5 atom stereocenters. The predicted molar refractivity (Wildman–Crippen MR) is 128 cm³/mol. The summed E-state index contributed by atoms with van der Waals surface area (Å²) in [5, 5.41) is 14.5. The Morgan fingerprint density at radius 1 is 1.09 bits per heavy atom. The monoisotopic (exact) mass is 479 g/mol. The molecule has 3 N–H and O–H groups in total. The van der Waals surface area contributed by atoms with E-state index in [9.17, 15) is 4.79 Å². The Hall–Kier alpha value is -3.47. The Morgan fingerprint density at radius 2 is 1.86 bits per heavy atom. The fourth-order valence-electron chi connectivity index (χ4n) is 4.71. The highest BCUT2D eigenvalue weighted by Gasteiger charge is 2.49. The quantitative estimate of drug-likeness (QED) is 0.446. The minimum absolute atomic E-state index is 0.0767. The maximum atomic E-state index is 12.5. The third-order valence-electron chi connectivity index (χ3n) is 6.42. The normalized spacial score (nSPS) is 24.1.